The molecule has 3 nitrogen and oxygen atoms in total. The standard InChI is InChI=1S/C14H26O3S.Na.H/c1-5-8-9-11-17-18(15,16)12-13(4)14(7-3)10-6-2;;/h13H,3,5-6,8-12H2,1-2,4H3;;. The quantitative estimate of drug-likeness (QED) is 0.269. The molecule has 0 aliphatic carbocycles. The van der Waals surface area contributed by atoms with Gasteiger partial charge in [0.05, 0.1) is 12.4 Å². The maximum atomic E-state index is 11.7. The van der Waals surface area contributed by atoms with Crippen molar-refractivity contribution in [1.82, 2.24) is 0 Å². The van der Waals surface area contributed by atoms with Crippen molar-refractivity contribution in [1.29, 1.82) is 0 Å². The van der Waals surface area contributed by atoms with E-state index in [9.17, 15) is 8.42 Å². The Hall–Kier alpha value is 0.430. The Labute approximate surface area is 140 Å². The molecule has 0 radical (unpaired) electrons. The first-order chi connectivity index (χ1) is 8.46. The Bertz CT molecular complexity index is 370. The molecule has 0 bridgehead atoms. The van der Waals surface area contributed by atoms with Crippen LogP contribution >= 0.6 is 0 Å². The molecule has 108 valence electrons. The van der Waals surface area contributed by atoms with Gasteiger partial charge >= 0.3 is 29.6 Å². The summed E-state index contributed by atoms with van der Waals surface area (Å²) in [6.45, 7) is 9.93. The number of hydrogen-bond donors (Lipinski definition) is 0. The fourth-order valence-corrected chi connectivity index (χ4v) is 3.05. The number of hydrogen-bond acceptors (Lipinski definition) is 3. The van der Waals surface area contributed by atoms with Gasteiger partial charge in [0.2, 0.25) is 0 Å². The summed E-state index contributed by atoms with van der Waals surface area (Å²) in [7, 11) is -3.42. The van der Waals surface area contributed by atoms with Gasteiger partial charge in [-0.1, -0.05) is 46.6 Å². The van der Waals surface area contributed by atoms with Crippen molar-refractivity contribution < 1.29 is 12.6 Å². The summed E-state index contributed by atoms with van der Waals surface area (Å²) in [5.41, 5.74) is 3.82. The molecule has 0 N–H and O–H groups in total. The van der Waals surface area contributed by atoms with Crippen LogP contribution in [0.2, 0.25) is 0 Å². The summed E-state index contributed by atoms with van der Waals surface area (Å²) < 4.78 is 28.5. The van der Waals surface area contributed by atoms with E-state index in [1.807, 2.05) is 6.92 Å². The molecule has 0 spiro atoms. The molecule has 0 rings (SSSR count). The van der Waals surface area contributed by atoms with E-state index < -0.39 is 10.1 Å². The predicted octanol–water partition coefficient (Wildman–Crippen LogP) is 3.02. The minimum atomic E-state index is -3.42. The van der Waals surface area contributed by atoms with Gasteiger partial charge in [-0.25, -0.2) is 0 Å². The topological polar surface area (TPSA) is 43.4 Å². The van der Waals surface area contributed by atoms with Crippen molar-refractivity contribution in [2.75, 3.05) is 12.4 Å². The van der Waals surface area contributed by atoms with Crippen molar-refractivity contribution in [3.8, 4) is 0 Å². The van der Waals surface area contributed by atoms with E-state index in [1.165, 1.54) is 0 Å². The molecule has 19 heavy (non-hydrogen) atoms. The molecule has 0 aliphatic rings. The minimum absolute atomic E-state index is 0. The molecule has 0 aromatic rings. The van der Waals surface area contributed by atoms with E-state index in [0.717, 1.165) is 37.7 Å². The summed E-state index contributed by atoms with van der Waals surface area (Å²) in [4.78, 5) is 0. The summed E-state index contributed by atoms with van der Waals surface area (Å²) in [6.07, 6.45) is 4.66. The van der Waals surface area contributed by atoms with Crippen molar-refractivity contribution >= 4 is 39.7 Å². The second-order valence-corrected chi connectivity index (χ2v) is 6.29. The van der Waals surface area contributed by atoms with Crippen molar-refractivity contribution in [2.24, 2.45) is 5.92 Å². The molecule has 0 saturated heterocycles. The second-order valence-electron chi connectivity index (χ2n) is 4.61. The molecule has 1 unspecified atom stereocenters. The Morgan fingerprint density at radius 3 is 2.37 bits per heavy atom. The average Bonchev–Trinajstić information content (AvgIpc) is 2.31. The van der Waals surface area contributed by atoms with Gasteiger partial charge in [-0.2, -0.15) is 8.42 Å². The predicted molar refractivity (Wildman–Crippen MR) is 83.1 cm³/mol. The average molecular weight is 298 g/mol. The molecule has 0 saturated carbocycles. The normalized spacial score (nSPS) is 12.4. The number of unbranched alkanes of at least 4 members (excludes halogenated alkanes) is 2. The summed E-state index contributed by atoms with van der Waals surface area (Å²) in [5.74, 6) is -0.0459. The summed E-state index contributed by atoms with van der Waals surface area (Å²) in [5, 5.41) is 0. The fraction of sp³-hybridized carbons (Fsp3) is 0.786. The van der Waals surface area contributed by atoms with Crippen LogP contribution in [0.1, 0.15) is 52.9 Å². The molecule has 0 amide bonds. The van der Waals surface area contributed by atoms with Gasteiger partial charge < -0.3 is 0 Å². The van der Waals surface area contributed by atoms with E-state index in [1.54, 1.807) is 0 Å². The van der Waals surface area contributed by atoms with E-state index in [-0.39, 0.29) is 41.2 Å². The first kappa shape index (κ1) is 21.7. The molecular formula is C14H27NaO3S. The molecular weight excluding hydrogens is 271 g/mol. The van der Waals surface area contributed by atoms with Crippen molar-refractivity contribution in [3.63, 3.8) is 0 Å². The maximum absolute atomic E-state index is 11.7. The van der Waals surface area contributed by atoms with Crippen LogP contribution in [0.15, 0.2) is 17.9 Å². The molecule has 0 aromatic carbocycles. The van der Waals surface area contributed by atoms with Crippen molar-refractivity contribution in [3.05, 3.63) is 17.9 Å². The van der Waals surface area contributed by atoms with Crippen molar-refractivity contribution in [2.45, 2.75) is 52.9 Å². The monoisotopic (exact) mass is 298 g/mol. The zero-order valence-corrected chi connectivity index (χ0v) is 12.7. The SMILES string of the molecule is C=C=C(CCC)C(C)CS(=O)(=O)OCCCCC.[NaH]. The molecule has 0 aromatic heterocycles. The van der Waals surface area contributed by atoms with Gasteiger partial charge in [0.1, 0.15) is 0 Å². The van der Waals surface area contributed by atoms with E-state index in [2.05, 4.69) is 26.2 Å². The molecule has 0 heterocycles. The Balaban J connectivity index is 0. The van der Waals surface area contributed by atoms with Gasteiger partial charge in [0, 0.05) is 5.92 Å². The third-order valence-corrected chi connectivity index (χ3v) is 4.24. The van der Waals surface area contributed by atoms with Gasteiger partial charge in [-0.05, 0) is 18.4 Å². The number of rotatable bonds is 10. The van der Waals surface area contributed by atoms with Crippen LogP contribution in [0, 0.1) is 5.92 Å². The molecule has 1 atom stereocenters. The Morgan fingerprint density at radius 2 is 1.89 bits per heavy atom. The van der Waals surface area contributed by atoms with Gasteiger partial charge in [0.15, 0.2) is 0 Å². The first-order valence-corrected chi connectivity index (χ1v) is 8.30. The summed E-state index contributed by atoms with van der Waals surface area (Å²) in [6, 6.07) is 0. The third-order valence-electron chi connectivity index (χ3n) is 2.81. The van der Waals surface area contributed by atoms with Crippen LogP contribution in [0.4, 0.5) is 0 Å². The van der Waals surface area contributed by atoms with E-state index in [0.29, 0.717) is 6.61 Å². The fourth-order valence-electron chi connectivity index (χ4n) is 1.77. The van der Waals surface area contributed by atoms with Gasteiger partial charge in [-0.3, -0.25) is 4.18 Å². The van der Waals surface area contributed by atoms with Gasteiger partial charge in [-0.15, -0.1) is 5.73 Å². The second kappa shape index (κ2) is 12.2. The van der Waals surface area contributed by atoms with Crippen LogP contribution in [0.5, 0.6) is 0 Å². The van der Waals surface area contributed by atoms with Crippen LogP contribution in [0.3, 0.4) is 0 Å². The van der Waals surface area contributed by atoms with Crippen LogP contribution in [0.25, 0.3) is 0 Å². The molecule has 0 aliphatic heterocycles. The molecule has 0 fully saturated rings. The van der Waals surface area contributed by atoms with Crippen LogP contribution in [-0.4, -0.2) is 50.3 Å². The zero-order chi connectivity index (χ0) is 14.0. The Kier molecular flexibility index (Phi) is 13.9. The third kappa shape index (κ3) is 10.8. The first-order valence-electron chi connectivity index (χ1n) is 6.72. The van der Waals surface area contributed by atoms with Crippen LogP contribution in [-0.2, 0) is 14.3 Å². The van der Waals surface area contributed by atoms with Crippen LogP contribution < -0.4 is 0 Å². The zero-order valence-electron chi connectivity index (χ0n) is 11.9. The summed E-state index contributed by atoms with van der Waals surface area (Å²) >= 11 is 0. The Morgan fingerprint density at radius 1 is 1.26 bits per heavy atom. The van der Waals surface area contributed by atoms with E-state index in [4.69, 9.17) is 4.18 Å². The van der Waals surface area contributed by atoms with Gasteiger partial charge in [0.25, 0.3) is 10.1 Å². The van der Waals surface area contributed by atoms with E-state index >= 15 is 0 Å². The molecule has 5 heteroatoms. The number of allylic oxidation sites excluding steroid dienone is 1.